The van der Waals surface area contributed by atoms with Crippen LogP contribution < -0.4 is 10.9 Å². The molecule has 1 fully saturated rings. The van der Waals surface area contributed by atoms with Crippen molar-refractivity contribution in [2.75, 3.05) is 11.9 Å². The quantitative estimate of drug-likeness (QED) is 0.895. The normalized spacial score (nSPS) is 19.3. The number of amides is 1. The van der Waals surface area contributed by atoms with Crippen molar-refractivity contribution in [1.29, 1.82) is 0 Å². The summed E-state index contributed by atoms with van der Waals surface area (Å²) in [6, 6.07) is 1.59. The third-order valence-electron chi connectivity index (χ3n) is 2.63. The lowest BCUT2D eigenvalue weighted by Crippen LogP contribution is -2.28. The van der Waals surface area contributed by atoms with Crippen molar-refractivity contribution in [2.24, 2.45) is 7.05 Å². The molecule has 1 N–H and O–H groups in total. The molecule has 6 heteroatoms. The second-order valence-electron chi connectivity index (χ2n) is 3.98. The summed E-state index contributed by atoms with van der Waals surface area (Å²) in [6.07, 6.45) is 2.87. The molecule has 1 aromatic heterocycles. The Morgan fingerprint density at radius 1 is 1.65 bits per heavy atom. The van der Waals surface area contributed by atoms with E-state index in [0.29, 0.717) is 16.8 Å². The molecule has 0 radical (unpaired) electrons. The third-order valence-corrected chi connectivity index (χ3v) is 3.20. The molecule has 1 aliphatic heterocycles. The molecular formula is C11H13BrN2O3. The molecule has 17 heavy (non-hydrogen) atoms. The monoisotopic (exact) mass is 300 g/mol. The Kier molecular flexibility index (Phi) is 3.63. The molecule has 1 aromatic rings. The molecule has 1 saturated heterocycles. The fraction of sp³-hybridized carbons (Fsp3) is 0.455. The number of halogens is 1. The number of hydrogen-bond acceptors (Lipinski definition) is 3. The molecule has 0 unspecified atom stereocenters. The first-order valence-corrected chi connectivity index (χ1v) is 6.16. The van der Waals surface area contributed by atoms with Gasteiger partial charge in [-0.3, -0.25) is 9.59 Å². The Balaban J connectivity index is 2.13. The SMILES string of the molecule is Cn1cc(NC(=O)[C@H]2CCCO2)cc(Br)c1=O. The summed E-state index contributed by atoms with van der Waals surface area (Å²) < 4.78 is 7.11. The van der Waals surface area contributed by atoms with E-state index in [-0.39, 0.29) is 17.6 Å². The third kappa shape index (κ3) is 2.76. The molecular weight excluding hydrogens is 288 g/mol. The van der Waals surface area contributed by atoms with Gasteiger partial charge in [-0.25, -0.2) is 0 Å². The number of nitrogens with zero attached hydrogens (tertiary/aromatic N) is 1. The van der Waals surface area contributed by atoms with Gasteiger partial charge in [-0.15, -0.1) is 0 Å². The van der Waals surface area contributed by atoms with Crippen LogP contribution in [0.1, 0.15) is 12.8 Å². The molecule has 5 nitrogen and oxygen atoms in total. The molecule has 2 rings (SSSR count). The summed E-state index contributed by atoms with van der Waals surface area (Å²) in [6.45, 7) is 0.634. The fourth-order valence-corrected chi connectivity index (χ4v) is 2.27. The summed E-state index contributed by atoms with van der Waals surface area (Å²) in [7, 11) is 1.63. The topological polar surface area (TPSA) is 60.3 Å². The smallest absolute Gasteiger partial charge is 0.264 e. The highest BCUT2D eigenvalue weighted by Gasteiger charge is 2.23. The Labute approximate surface area is 107 Å². The van der Waals surface area contributed by atoms with Gasteiger partial charge in [-0.05, 0) is 34.8 Å². The number of rotatable bonds is 2. The molecule has 92 valence electrons. The maximum absolute atomic E-state index is 11.8. The molecule has 0 spiro atoms. The minimum absolute atomic E-state index is 0.139. The van der Waals surface area contributed by atoms with Crippen molar-refractivity contribution < 1.29 is 9.53 Å². The molecule has 0 aliphatic carbocycles. The van der Waals surface area contributed by atoms with Crippen molar-refractivity contribution in [3.05, 3.63) is 27.1 Å². The van der Waals surface area contributed by atoms with Crippen molar-refractivity contribution in [1.82, 2.24) is 4.57 Å². The first-order chi connectivity index (χ1) is 8.08. The maximum atomic E-state index is 11.8. The van der Waals surface area contributed by atoms with E-state index in [1.165, 1.54) is 4.57 Å². The first kappa shape index (κ1) is 12.3. The van der Waals surface area contributed by atoms with Crippen molar-refractivity contribution in [3.8, 4) is 0 Å². The van der Waals surface area contributed by atoms with Crippen molar-refractivity contribution >= 4 is 27.5 Å². The van der Waals surface area contributed by atoms with Crippen LogP contribution in [0.25, 0.3) is 0 Å². The number of anilines is 1. The zero-order valence-corrected chi connectivity index (χ0v) is 11.0. The number of hydrogen-bond donors (Lipinski definition) is 1. The van der Waals surface area contributed by atoms with Crippen LogP contribution in [0.5, 0.6) is 0 Å². The number of aryl methyl sites for hydroxylation is 1. The summed E-state index contributed by atoms with van der Waals surface area (Å²) in [5.74, 6) is -0.159. The molecule has 2 heterocycles. The van der Waals surface area contributed by atoms with Gasteiger partial charge in [0.05, 0.1) is 10.2 Å². The lowest BCUT2D eigenvalue weighted by molar-refractivity contribution is -0.124. The van der Waals surface area contributed by atoms with Gasteiger partial charge in [-0.2, -0.15) is 0 Å². The molecule has 0 aromatic carbocycles. The van der Waals surface area contributed by atoms with Gasteiger partial charge in [-0.1, -0.05) is 0 Å². The van der Waals surface area contributed by atoms with E-state index in [9.17, 15) is 9.59 Å². The van der Waals surface area contributed by atoms with Crippen LogP contribution in [0.3, 0.4) is 0 Å². The van der Waals surface area contributed by atoms with E-state index in [0.717, 1.165) is 12.8 Å². The molecule has 0 saturated carbocycles. The minimum Gasteiger partial charge on any atom is -0.368 e. The number of carbonyl (C=O) groups excluding carboxylic acids is 1. The highest BCUT2D eigenvalue weighted by Crippen LogP contribution is 2.16. The Bertz CT molecular complexity index is 466. The zero-order valence-electron chi connectivity index (χ0n) is 9.40. The second-order valence-corrected chi connectivity index (χ2v) is 4.84. The average Bonchev–Trinajstić information content (AvgIpc) is 2.79. The summed E-state index contributed by atoms with van der Waals surface area (Å²) >= 11 is 3.15. The van der Waals surface area contributed by atoms with Gasteiger partial charge in [0.25, 0.3) is 11.5 Å². The predicted molar refractivity (Wildman–Crippen MR) is 67.0 cm³/mol. The van der Waals surface area contributed by atoms with Gasteiger partial charge in [0.15, 0.2) is 0 Å². The summed E-state index contributed by atoms with van der Waals surface area (Å²) in [4.78, 5) is 23.2. The number of carbonyl (C=O) groups is 1. The largest absolute Gasteiger partial charge is 0.368 e. The van der Waals surface area contributed by atoms with Crippen LogP contribution in [0.15, 0.2) is 21.5 Å². The van der Waals surface area contributed by atoms with Gasteiger partial charge in [0.2, 0.25) is 0 Å². The second kappa shape index (κ2) is 5.01. The van der Waals surface area contributed by atoms with Gasteiger partial charge < -0.3 is 14.6 Å². The van der Waals surface area contributed by atoms with Crippen LogP contribution in [0.2, 0.25) is 0 Å². The fourth-order valence-electron chi connectivity index (χ4n) is 1.75. The van der Waals surface area contributed by atoms with Gasteiger partial charge in [0, 0.05) is 19.9 Å². The van der Waals surface area contributed by atoms with Crippen LogP contribution >= 0.6 is 15.9 Å². The molecule has 1 atom stereocenters. The lowest BCUT2D eigenvalue weighted by atomic mass is 10.2. The average molecular weight is 301 g/mol. The lowest BCUT2D eigenvalue weighted by Gasteiger charge is -2.11. The first-order valence-electron chi connectivity index (χ1n) is 5.36. The number of ether oxygens (including phenoxy) is 1. The van der Waals surface area contributed by atoms with Crippen molar-refractivity contribution in [2.45, 2.75) is 18.9 Å². The standard InChI is InChI=1S/C11H13BrN2O3/c1-14-6-7(5-8(12)11(14)16)13-10(15)9-3-2-4-17-9/h5-6,9H,2-4H2,1H3,(H,13,15)/t9-/m1/s1. The van der Waals surface area contributed by atoms with Crippen molar-refractivity contribution in [3.63, 3.8) is 0 Å². The van der Waals surface area contributed by atoms with Crippen LogP contribution in [-0.4, -0.2) is 23.2 Å². The van der Waals surface area contributed by atoms with E-state index in [4.69, 9.17) is 4.74 Å². The van der Waals surface area contributed by atoms with E-state index in [2.05, 4.69) is 21.2 Å². The minimum atomic E-state index is -0.369. The van der Waals surface area contributed by atoms with Gasteiger partial charge >= 0.3 is 0 Å². The molecule has 1 aliphatic rings. The highest BCUT2D eigenvalue weighted by molar-refractivity contribution is 9.10. The summed E-state index contributed by atoms with van der Waals surface area (Å²) in [5.41, 5.74) is 0.444. The number of aromatic nitrogens is 1. The number of nitrogens with one attached hydrogen (secondary N) is 1. The Morgan fingerprint density at radius 3 is 3.00 bits per heavy atom. The van der Waals surface area contributed by atoms with E-state index in [1.807, 2.05) is 0 Å². The van der Waals surface area contributed by atoms with Crippen LogP contribution in [0, 0.1) is 0 Å². The predicted octanol–water partition coefficient (Wildman–Crippen LogP) is 1.27. The molecule has 0 bridgehead atoms. The van der Waals surface area contributed by atoms with E-state index in [1.54, 1.807) is 19.3 Å². The van der Waals surface area contributed by atoms with E-state index < -0.39 is 0 Å². The van der Waals surface area contributed by atoms with Gasteiger partial charge in [0.1, 0.15) is 6.10 Å². The van der Waals surface area contributed by atoms with Crippen LogP contribution in [-0.2, 0) is 16.6 Å². The Morgan fingerprint density at radius 2 is 2.41 bits per heavy atom. The van der Waals surface area contributed by atoms with Crippen LogP contribution in [0.4, 0.5) is 5.69 Å². The summed E-state index contributed by atoms with van der Waals surface area (Å²) in [5, 5.41) is 2.74. The molecule has 1 amide bonds. The Hall–Kier alpha value is -1.14. The highest BCUT2D eigenvalue weighted by atomic mass is 79.9. The van der Waals surface area contributed by atoms with E-state index >= 15 is 0 Å². The number of pyridine rings is 1. The zero-order chi connectivity index (χ0) is 12.4. The maximum Gasteiger partial charge on any atom is 0.264 e.